The lowest BCUT2D eigenvalue weighted by atomic mass is 10.1. The first-order valence-electron chi connectivity index (χ1n) is 4.00. The van der Waals surface area contributed by atoms with E-state index in [0.717, 1.165) is 0 Å². The monoisotopic (exact) mass is 209 g/mol. The van der Waals surface area contributed by atoms with Crippen LogP contribution in [0.2, 0.25) is 0 Å². The minimum absolute atomic E-state index is 0. The van der Waals surface area contributed by atoms with Gasteiger partial charge in [-0.05, 0) is 13.8 Å². The maximum absolute atomic E-state index is 11.0. The van der Waals surface area contributed by atoms with Crippen molar-refractivity contribution < 1.29 is 14.3 Å². The van der Waals surface area contributed by atoms with E-state index < -0.39 is 0 Å². The molecule has 4 nitrogen and oxygen atoms in total. The van der Waals surface area contributed by atoms with Gasteiger partial charge < -0.3 is 9.47 Å². The summed E-state index contributed by atoms with van der Waals surface area (Å²) in [7, 11) is 1.38. The third-order valence-corrected chi connectivity index (χ3v) is 1.90. The Kier molecular flexibility index (Phi) is 4.67. The predicted molar refractivity (Wildman–Crippen MR) is 51.1 cm³/mol. The predicted octanol–water partition coefficient (Wildman–Crippen LogP) is 0.348. The van der Waals surface area contributed by atoms with E-state index in [4.69, 9.17) is 4.74 Å². The topological polar surface area (TPSA) is 47.6 Å². The highest BCUT2D eigenvalue weighted by Crippen LogP contribution is 2.13. The molecular weight excluding hydrogens is 194 g/mol. The number of rotatable bonds is 1. The number of nitrogens with one attached hydrogen (secondary N) is 1. The molecule has 1 rings (SSSR count). The maximum atomic E-state index is 11.0. The van der Waals surface area contributed by atoms with Crippen LogP contribution >= 0.6 is 12.4 Å². The smallest absolute Gasteiger partial charge is 0.325 e. The Labute approximate surface area is 84.4 Å². The van der Waals surface area contributed by atoms with E-state index in [1.165, 1.54) is 7.11 Å². The molecule has 0 amide bonds. The molecule has 0 aromatic rings. The van der Waals surface area contributed by atoms with Crippen LogP contribution < -0.4 is 5.32 Å². The molecule has 13 heavy (non-hydrogen) atoms. The van der Waals surface area contributed by atoms with Gasteiger partial charge in [0.15, 0.2) is 0 Å². The van der Waals surface area contributed by atoms with E-state index in [2.05, 4.69) is 10.1 Å². The Morgan fingerprint density at radius 3 is 2.62 bits per heavy atom. The fraction of sp³-hybridized carbons (Fsp3) is 0.875. The van der Waals surface area contributed by atoms with Crippen molar-refractivity contribution in [1.82, 2.24) is 5.32 Å². The molecule has 5 heteroatoms. The summed E-state index contributed by atoms with van der Waals surface area (Å²) in [5.41, 5.74) is -0.176. The molecule has 1 N–H and O–H groups in total. The van der Waals surface area contributed by atoms with Crippen LogP contribution in [-0.4, -0.2) is 37.9 Å². The summed E-state index contributed by atoms with van der Waals surface area (Å²) in [5.74, 6) is -0.259. The highest BCUT2D eigenvalue weighted by atomic mass is 35.5. The molecule has 0 aliphatic carbocycles. The summed E-state index contributed by atoms with van der Waals surface area (Å²) in [4.78, 5) is 11.0. The van der Waals surface area contributed by atoms with Gasteiger partial charge in [-0.1, -0.05) is 0 Å². The summed E-state index contributed by atoms with van der Waals surface area (Å²) in [5, 5.41) is 3.06. The van der Waals surface area contributed by atoms with Crippen molar-refractivity contribution in [1.29, 1.82) is 0 Å². The fourth-order valence-electron chi connectivity index (χ4n) is 1.08. The molecule has 1 atom stereocenters. The molecule has 0 bridgehead atoms. The van der Waals surface area contributed by atoms with Crippen molar-refractivity contribution in [3.05, 3.63) is 0 Å². The molecule has 1 saturated heterocycles. The Hall–Kier alpha value is -0.320. The number of hydrogen-bond acceptors (Lipinski definition) is 4. The standard InChI is InChI=1S/C8H15NO3.ClH/c1-8(2)5-9-6(4-12-8)7(10)11-3;/h6,9H,4-5H2,1-3H3;1H/t6-;/m1./s1. The highest BCUT2D eigenvalue weighted by molar-refractivity contribution is 5.85. The zero-order valence-electron chi connectivity index (χ0n) is 8.12. The number of carbonyl (C=O) groups is 1. The molecule has 1 heterocycles. The van der Waals surface area contributed by atoms with E-state index in [0.29, 0.717) is 13.2 Å². The quantitative estimate of drug-likeness (QED) is 0.634. The molecule has 78 valence electrons. The van der Waals surface area contributed by atoms with Crippen molar-refractivity contribution in [2.45, 2.75) is 25.5 Å². The molecule has 0 saturated carbocycles. The van der Waals surface area contributed by atoms with Crippen LogP contribution in [-0.2, 0) is 14.3 Å². The normalized spacial score (nSPS) is 25.9. The first-order chi connectivity index (χ1) is 5.55. The molecule has 1 aliphatic heterocycles. The van der Waals surface area contributed by atoms with Gasteiger partial charge in [-0.3, -0.25) is 10.1 Å². The van der Waals surface area contributed by atoms with Gasteiger partial charge in [0.25, 0.3) is 0 Å². The molecule has 1 fully saturated rings. The van der Waals surface area contributed by atoms with E-state index in [-0.39, 0.29) is 30.0 Å². The van der Waals surface area contributed by atoms with Crippen molar-refractivity contribution in [3.8, 4) is 0 Å². The number of ether oxygens (including phenoxy) is 2. The summed E-state index contributed by atoms with van der Waals surface area (Å²) in [6.45, 7) is 5.02. The summed E-state index contributed by atoms with van der Waals surface area (Å²) in [6, 6.07) is -0.303. The molecule has 0 unspecified atom stereocenters. The molecule has 0 aromatic heterocycles. The van der Waals surface area contributed by atoms with Crippen molar-refractivity contribution in [2.24, 2.45) is 0 Å². The van der Waals surface area contributed by atoms with Crippen molar-refractivity contribution in [3.63, 3.8) is 0 Å². The minimum Gasteiger partial charge on any atom is -0.468 e. The van der Waals surface area contributed by atoms with Gasteiger partial charge in [0.1, 0.15) is 6.04 Å². The summed E-state index contributed by atoms with van der Waals surface area (Å²) in [6.07, 6.45) is 0. The van der Waals surface area contributed by atoms with Crippen LogP contribution in [0.5, 0.6) is 0 Å². The number of hydrogen-bond donors (Lipinski definition) is 1. The Morgan fingerprint density at radius 2 is 2.23 bits per heavy atom. The van der Waals surface area contributed by atoms with Gasteiger partial charge in [-0.25, -0.2) is 0 Å². The summed E-state index contributed by atoms with van der Waals surface area (Å²) >= 11 is 0. The van der Waals surface area contributed by atoms with Gasteiger partial charge in [0, 0.05) is 6.54 Å². The van der Waals surface area contributed by atoms with Crippen LogP contribution in [0.25, 0.3) is 0 Å². The third kappa shape index (κ3) is 3.50. The van der Waals surface area contributed by atoms with Gasteiger partial charge in [-0.2, -0.15) is 0 Å². The maximum Gasteiger partial charge on any atom is 0.325 e. The van der Waals surface area contributed by atoms with Crippen LogP contribution in [0.4, 0.5) is 0 Å². The van der Waals surface area contributed by atoms with Gasteiger partial charge in [0.05, 0.1) is 19.3 Å². The zero-order chi connectivity index (χ0) is 9.19. The molecule has 0 aromatic carbocycles. The van der Waals surface area contributed by atoms with Gasteiger partial charge >= 0.3 is 5.97 Å². The highest BCUT2D eigenvalue weighted by Gasteiger charge is 2.31. The number of esters is 1. The minimum atomic E-state index is -0.303. The zero-order valence-corrected chi connectivity index (χ0v) is 8.94. The molecule has 0 spiro atoms. The third-order valence-electron chi connectivity index (χ3n) is 1.90. The number of methoxy groups -OCH3 is 1. The van der Waals surface area contributed by atoms with Crippen LogP contribution in [0, 0.1) is 0 Å². The first kappa shape index (κ1) is 12.7. The van der Waals surface area contributed by atoms with E-state index in [1.807, 2.05) is 13.8 Å². The largest absolute Gasteiger partial charge is 0.468 e. The number of halogens is 1. The van der Waals surface area contributed by atoms with Crippen LogP contribution in [0.3, 0.4) is 0 Å². The second-order valence-corrected chi connectivity index (χ2v) is 3.53. The first-order valence-corrected chi connectivity index (χ1v) is 4.00. The average Bonchev–Trinajstić information content (AvgIpc) is 2.03. The van der Waals surface area contributed by atoms with E-state index in [1.54, 1.807) is 0 Å². The lowest BCUT2D eigenvalue weighted by molar-refractivity contribution is -0.150. The summed E-state index contributed by atoms with van der Waals surface area (Å²) < 4.78 is 10.0. The van der Waals surface area contributed by atoms with Crippen molar-refractivity contribution >= 4 is 18.4 Å². The van der Waals surface area contributed by atoms with Gasteiger partial charge in [-0.15, -0.1) is 12.4 Å². The number of carbonyl (C=O) groups excluding carboxylic acids is 1. The Balaban J connectivity index is 0.00000144. The van der Waals surface area contributed by atoms with Crippen LogP contribution in [0.15, 0.2) is 0 Å². The second kappa shape index (κ2) is 4.79. The average molecular weight is 210 g/mol. The fourth-order valence-corrected chi connectivity index (χ4v) is 1.08. The molecule has 1 aliphatic rings. The second-order valence-electron chi connectivity index (χ2n) is 3.53. The van der Waals surface area contributed by atoms with E-state index in [9.17, 15) is 4.79 Å². The number of morpholine rings is 1. The van der Waals surface area contributed by atoms with E-state index >= 15 is 0 Å². The Bertz CT molecular complexity index is 174. The lowest BCUT2D eigenvalue weighted by Crippen LogP contribution is -2.54. The molecular formula is C8H16ClNO3. The van der Waals surface area contributed by atoms with Crippen molar-refractivity contribution in [2.75, 3.05) is 20.3 Å². The Morgan fingerprint density at radius 1 is 1.62 bits per heavy atom. The van der Waals surface area contributed by atoms with Gasteiger partial charge in [0.2, 0.25) is 0 Å². The molecule has 0 radical (unpaired) electrons. The lowest BCUT2D eigenvalue weighted by Gasteiger charge is -2.34. The SMILES string of the molecule is COC(=O)[C@H]1COC(C)(C)CN1.Cl. The van der Waals surface area contributed by atoms with Crippen LogP contribution in [0.1, 0.15) is 13.8 Å².